The molecule has 1 aliphatic heterocycles. The van der Waals surface area contributed by atoms with E-state index in [1.54, 1.807) is 0 Å². The van der Waals surface area contributed by atoms with E-state index in [4.69, 9.17) is 0 Å². The molecule has 1 N–H and O–H groups in total. The number of carbonyl (C=O) groups is 1. The van der Waals surface area contributed by atoms with E-state index in [0.717, 1.165) is 43.7 Å². The minimum atomic E-state index is 0.0760. The molecule has 1 atom stereocenters. The van der Waals surface area contributed by atoms with Gasteiger partial charge in [0, 0.05) is 18.8 Å². The normalized spacial score (nSPS) is 18.6. The smallest absolute Gasteiger partial charge is 0.228 e. The number of likely N-dealkylation sites (tertiary alicyclic amines) is 1. The summed E-state index contributed by atoms with van der Waals surface area (Å²) in [7, 11) is 0. The van der Waals surface area contributed by atoms with Gasteiger partial charge in [0.25, 0.3) is 0 Å². The van der Waals surface area contributed by atoms with Crippen LogP contribution in [0, 0.1) is 12.8 Å². The van der Waals surface area contributed by atoms with Crippen LogP contribution in [0.25, 0.3) is 0 Å². The molecule has 3 heteroatoms. The molecule has 0 aliphatic carbocycles. The number of nitrogens with zero attached hydrogens (tertiary/aromatic N) is 1. The van der Waals surface area contributed by atoms with Crippen LogP contribution in [-0.4, -0.2) is 23.9 Å². The van der Waals surface area contributed by atoms with Crippen molar-refractivity contribution >= 4 is 11.6 Å². The Balaban J connectivity index is 1.59. The number of hydrogen-bond donors (Lipinski definition) is 1. The number of aryl methyl sites for hydroxylation is 1. The molecule has 23 heavy (non-hydrogen) atoms. The molecular formula is C20H24N2O. The van der Waals surface area contributed by atoms with Gasteiger partial charge in [0.05, 0.1) is 5.92 Å². The summed E-state index contributed by atoms with van der Waals surface area (Å²) in [6.07, 6.45) is 2.06. The number of piperidine rings is 1. The molecule has 2 aromatic rings. The Labute approximate surface area is 138 Å². The predicted octanol–water partition coefficient (Wildman–Crippen LogP) is 3.85. The van der Waals surface area contributed by atoms with Gasteiger partial charge in [-0.05, 0) is 43.5 Å². The van der Waals surface area contributed by atoms with E-state index < -0.39 is 0 Å². The minimum Gasteiger partial charge on any atom is -0.326 e. The molecule has 120 valence electrons. The van der Waals surface area contributed by atoms with E-state index in [1.165, 1.54) is 5.56 Å². The lowest BCUT2D eigenvalue weighted by molar-refractivity contribution is -0.121. The van der Waals surface area contributed by atoms with Crippen molar-refractivity contribution in [1.29, 1.82) is 0 Å². The first-order valence-corrected chi connectivity index (χ1v) is 8.35. The van der Waals surface area contributed by atoms with Crippen LogP contribution in [0.5, 0.6) is 0 Å². The van der Waals surface area contributed by atoms with Crippen LogP contribution < -0.4 is 5.32 Å². The molecular weight excluding hydrogens is 284 g/mol. The monoisotopic (exact) mass is 308 g/mol. The van der Waals surface area contributed by atoms with Gasteiger partial charge in [-0.15, -0.1) is 0 Å². The maximum atomic E-state index is 12.6. The zero-order chi connectivity index (χ0) is 16.1. The fourth-order valence-electron chi connectivity index (χ4n) is 3.20. The second-order valence-corrected chi connectivity index (χ2v) is 6.36. The summed E-state index contributed by atoms with van der Waals surface area (Å²) in [6, 6.07) is 18.4. The number of amides is 1. The van der Waals surface area contributed by atoms with Gasteiger partial charge in [-0.2, -0.15) is 0 Å². The first-order valence-electron chi connectivity index (χ1n) is 8.35. The van der Waals surface area contributed by atoms with Crippen LogP contribution in [0.1, 0.15) is 24.0 Å². The summed E-state index contributed by atoms with van der Waals surface area (Å²) in [5.74, 6) is 0.226. The number of carbonyl (C=O) groups excluding carboxylic acids is 1. The van der Waals surface area contributed by atoms with E-state index in [1.807, 2.05) is 37.3 Å². The lowest BCUT2D eigenvalue weighted by Crippen LogP contribution is -2.40. The van der Waals surface area contributed by atoms with Crippen LogP contribution >= 0.6 is 0 Å². The molecule has 0 aromatic heterocycles. The van der Waals surface area contributed by atoms with Gasteiger partial charge in [-0.1, -0.05) is 48.5 Å². The number of para-hydroxylation sites is 1. The van der Waals surface area contributed by atoms with Gasteiger partial charge in [0.15, 0.2) is 0 Å². The van der Waals surface area contributed by atoms with Gasteiger partial charge in [-0.3, -0.25) is 9.69 Å². The minimum absolute atomic E-state index is 0.0760. The Kier molecular flexibility index (Phi) is 5.09. The summed E-state index contributed by atoms with van der Waals surface area (Å²) in [6.45, 7) is 4.86. The molecule has 1 fully saturated rings. The van der Waals surface area contributed by atoms with E-state index in [2.05, 4.69) is 34.5 Å². The van der Waals surface area contributed by atoms with E-state index in [-0.39, 0.29) is 11.8 Å². The van der Waals surface area contributed by atoms with Crippen LogP contribution in [0.2, 0.25) is 0 Å². The molecule has 0 spiro atoms. The third-order valence-corrected chi connectivity index (χ3v) is 4.53. The number of nitrogens with one attached hydrogen (secondary N) is 1. The molecule has 1 amide bonds. The molecule has 2 aromatic carbocycles. The lowest BCUT2D eigenvalue weighted by atomic mass is 9.96. The van der Waals surface area contributed by atoms with Crippen LogP contribution in [0.4, 0.5) is 5.69 Å². The first kappa shape index (κ1) is 15.8. The van der Waals surface area contributed by atoms with Crippen molar-refractivity contribution in [2.75, 3.05) is 18.4 Å². The highest BCUT2D eigenvalue weighted by atomic mass is 16.1. The Morgan fingerprint density at radius 1 is 1.13 bits per heavy atom. The zero-order valence-corrected chi connectivity index (χ0v) is 13.7. The average Bonchev–Trinajstić information content (AvgIpc) is 2.58. The van der Waals surface area contributed by atoms with E-state index in [0.29, 0.717) is 0 Å². The molecule has 1 saturated heterocycles. The van der Waals surface area contributed by atoms with Crippen molar-refractivity contribution in [3.05, 3.63) is 65.7 Å². The van der Waals surface area contributed by atoms with Gasteiger partial charge < -0.3 is 5.32 Å². The molecule has 1 heterocycles. The fraction of sp³-hybridized carbons (Fsp3) is 0.350. The Morgan fingerprint density at radius 2 is 1.87 bits per heavy atom. The highest BCUT2D eigenvalue weighted by Gasteiger charge is 2.26. The van der Waals surface area contributed by atoms with Gasteiger partial charge in [0.1, 0.15) is 0 Å². The summed E-state index contributed by atoms with van der Waals surface area (Å²) >= 11 is 0. The van der Waals surface area contributed by atoms with Crippen LogP contribution in [-0.2, 0) is 11.3 Å². The van der Waals surface area contributed by atoms with Crippen molar-refractivity contribution in [1.82, 2.24) is 4.90 Å². The van der Waals surface area contributed by atoms with Crippen molar-refractivity contribution in [3.8, 4) is 0 Å². The van der Waals surface area contributed by atoms with E-state index >= 15 is 0 Å². The highest BCUT2D eigenvalue weighted by Crippen LogP contribution is 2.21. The lowest BCUT2D eigenvalue weighted by Gasteiger charge is -2.32. The van der Waals surface area contributed by atoms with Gasteiger partial charge in [0.2, 0.25) is 5.91 Å². The molecule has 1 aliphatic rings. The molecule has 3 rings (SSSR count). The van der Waals surface area contributed by atoms with Crippen molar-refractivity contribution in [2.24, 2.45) is 5.92 Å². The standard InChI is InChI=1S/C20H24N2O/c1-16-8-5-6-12-19(16)21-20(23)18-11-7-13-22(15-18)14-17-9-3-2-4-10-17/h2-6,8-10,12,18H,7,11,13-15H2,1H3,(H,21,23)/t18-/m1/s1. The van der Waals surface area contributed by atoms with Gasteiger partial charge in [-0.25, -0.2) is 0 Å². The van der Waals surface area contributed by atoms with E-state index in [9.17, 15) is 4.79 Å². The third kappa shape index (κ3) is 4.20. The molecule has 0 radical (unpaired) electrons. The van der Waals surface area contributed by atoms with Crippen LogP contribution in [0.15, 0.2) is 54.6 Å². The number of anilines is 1. The maximum Gasteiger partial charge on any atom is 0.228 e. The highest BCUT2D eigenvalue weighted by molar-refractivity contribution is 5.93. The zero-order valence-electron chi connectivity index (χ0n) is 13.7. The first-order chi connectivity index (χ1) is 11.2. The second-order valence-electron chi connectivity index (χ2n) is 6.36. The number of hydrogen-bond acceptors (Lipinski definition) is 2. The van der Waals surface area contributed by atoms with Crippen molar-refractivity contribution in [2.45, 2.75) is 26.3 Å². The number of rotatable bonds is 4. The summed E-state index contributed by atoms with van der Waals surface area (Å²) in [5, 5.41) is 3.10. The average molecular weight is 308 g/mol. The SMILES string of the molecule is Cc1ccccc1NC(=O)[C@@H]1CCCN(Cc2ccccc2)C1. The molecule has 3 nitrogen and oxygen atoms in total. The number of benzene rings is 2. The largest absolute Gasteiger partial charge is 0.326 e. The van der Waals surface area contributed by atoms with Crippen LogP contribution in [0.3, 0.4) is 0 Å². The third-order valence-electron chi connectivity index (χ3n) is 4.53. The van der Waals surface area contributed by atoms with Crippen molar-refractivity contribution in [3.63, 3.8) is 0 Å². The molecule has 0 bridgehead atoms. The molecule has 0 saturated carbocycles. The Bertz CT molecular complexity index is 654. The fourth-order valence-corrected chi connectivity index (χ4v) is 3.20. The topological polar surface area (TPSA) is 32.3 Å². The maximum absolute atomic E-state index is 12.6. The quantitative estimate of drug-likeness (QED) is 0.930. The Morgan fingerprint density at radius 3 is 2.65 bits per heavy atom. The Hall–Kier alpha value is -2.13. The summed E-state index contributed by atoms with van der Waals surface area (Å²) in [4.78, 5) is 15.0. The predicted molar refractivity (Wildman–Crippen MR) is 94.3 cm³/mol. The summed E-state index contributed by atoms with van der Waals surface area (Å²) < 4.78 is 0. The van der Waals surface area contributed by atoms with Crippen molar-refractivity contribution < 1.29 is 4.79 Å². The molecule has 0 unspecified atom stereocenters. The van der Waals surface area contributed by atoms with Gasteiger partial charge >= 0.3 is 0 Å². The summed E-state index contributed by atoms with van der Waals surface area (Å²) in [5.41, 5.74) is 3.35. The second kappa shape index (κ2) is 7.42.